The zero-order valence-corrected chi connectivity index (χ0v) is 13.2. The van der Waals surface area contributed by atoms with Crippen LogP contribution in [0.4, 0.5) is 10.5 Å². The lowest BCUT2D eigenvalue weighted by atomic mass is 10.2. The Morgan fingerprint density at radius 2 is 2.24 bits per heavy atom. The van der Waals surface area contributed by atoms with E-state index in [1.54, 1.807) is 17.0 Å². The standard InChI is InChI=1S/C14H17BrN2O4/c1-9-8-17(5-2-6-21-9)14(20)16-10-3-4-12(15)11(7-10)13(18)19/h3-4,7,9H,2,5-6,8H2,1H3,(H,16,20)(H,18,19). The van der Waals surface area contributed by atoms with Crippen LogP contribution in [0.3, 0.4) is 0 Å². The summed E-state index contributed by atoms with van der Waals surface area (Å²) < 4.78 is 5.97. The maximum absolute atomic E-state index is 12.2. The summed E-state index contributed by atoms with van der Waals surface area (Å²) in [4.78, 5) is 25.0. The molecule has 0 aromatic heterocycles. The second-order valence-corrected chi connectivity index (χ2v) is 5.77. The number of urea groups is 1. The molecule has 1 unspecified atom stereocenters. The molecule has 2 amide bonds. The number of carbonyl (C=O) groups excluding carboxylic acids is 1. The van der Waals surface area contributed by atoms with Gasteiger partial charge in [-0.15, -0.1) is 0 Å². The van der Waals surface area contributed by atoms with Gasteiger partial charge < -0.3 is 20.1 Å². The predicted octanol–water partition coefficient (Wildman–Crippen LogP) is 2.79. The highest BCUT2D eigenvalue weighted by molar-refractivity contribution is 9.10. The van der Waals surface area contributed by atoms with Crippen LogP contribution in [0.2, 0.25) is 0 Å². The van der Waals surface area contributed by atoms with Crippen molar-refractivity contribution in [3.8, 4) is 0 Å². The molecule has 1 heterocycles. The molecule has 0 saturated carbocycles. The minimum absolute atomic E-state index is 0.00208. The predicted molar refractivity (Wildman–Crippen MR) is 81.7 cm³/mol. The van der Waals surface area contributed by atoms with Gasteiger partial charge in [0.1, 0.15) is 0 Å². The SMILES string of the molecule is CC1CN(C(=O)Nc2ccc(Br)c(C(=O)O)c2)CCCO1. The number of carboxylic acids is 1. The molecular formula is C14H17BrN2O4. The topological polar surface area (TPSA) is 78.9 Å². The van der Waals surface area contributed by atoms with Crippen LogP contribution in [0.15, 0.2) is 22.7 Å². The van der Waals surface area contributed by atoms with E-state index in [0.717, 1.165) is 6.42 Å². The van der Waals surface area contributed by atoms with Gasteiger partial charge >= 0.3 is 12.0 Å². The lowest BCUT2D eigenvalue weighted by Gasteiger charge is -2.22. The molecule has 21 heavy (non-hydrogen) atoms. The summed E-state index contributed by atoms with van der Waals surface area (Å²) in [6.07, 6.45) is 0.788. The Morgan fingerprint density at radius 1 is 1.48 bits per heavy atom. The highest BCUT2D eigenvalue weighted by Crippen LogP contribution is 2.21. The van der Waals surface area contributed by atoms with Crippen molar-refractivity contribution in [2.24, 2.45) is 0 Å². The first-order valence-corrected chi connectivity index (χ1v) is 7.47. The molecule has 1 aromatic rings. The lowest BCUT2D eigenvalue weighted by molar-refractivity contribution is 0.0695. The third-order valence-electron chi connectivity index (χ3n) is 3.19. The average molecular weight is 357 g/mol. The van der Waals surface area contributed by atoms with Crippen LogP contribution < -0.4 is 5.32 Å². The molecule has 0 aliphatic carbocycles. The van der Waals surface area contributed by atoms with E-state index in [-0.39, 0.29) is 17.7 Å². The normalized spacial score (nSPS) is 19.0. The molecule has 2 rings (SSSR count). The Bertz CT molecular complexity index is 550. The molecule has 0 spiro atoms. The van der Waals surface area contributed by atoms with Crippen LogP contribution in [-0.4, -0.2) is 47.8 Å². The number of nitrogens with one attached hydrogen (secondary N) is 1. The molecule has 1 atom stereocenters. The molecule has 0 bridgehead atoms. The van der Waals surface area contributed by atoms with Gasteiger partial charge in [-0.2, -0.15) is 0 Å². The minimum atomic E-state index is -1.05. The first-order chi connectivity index (χ1) is 9.97. The number of nitrogens with zero attached hydrogens (tertiary/aromatic N) is 1. The number of rotatable bonds is 2. The van der Waals surface area contributed by atoms with Gasteiger partial charge in [-0.3, -0.25) is 0 Å². The van der Waals surface area contributed by atoms with E-state index in [9.17, 15) is 9.59 Å². The lowest BCUT2D eigenvalue weighted by Crippen LogP contribution is -2.38. The Morgan fingerprint density at radius 3 is 2.95 bits per heavy atom. The van der Waals surface area contributed by atoms with E-state index in [1.807, 2.05) is 6.92 Å². The molecule has 114 valence electrons. The number of aromatic carboxylic acids is 1. The summed E-state index contributed by atoms with van der Waals surface area (Å²) in [6.45, 7) is 3.72. The molecule has 1 aliphatic heterocycles. The summed E-state index contributed by atoms with van der Waals surface area (Å²) in [5.41, 5.74) is 0.568. The van der Waals surface area contributed by atoms with Gasteiger partial charge in [-0.1, -0.05) is 0 Å². The van der Waals surface area contributed by atoms with Crippen LogP contribution in [0.25, 0.3) is 0 Å². The second kappa shape index (κ2) is 6.91. The fourth-order valence-electron chi connectivity index (χ4n) is 2.15. The summed E-state index contributed by atoms with van der Waals surface area (Å²) in [5, 5.41) is 11.8. The molecule has 0 radical (unpaired) electrons. The first-order valence-electron chi connectivity index (χ1n) is 6.67. The van der Waals surface area contributed by atoms with Crippen molar-refractivity contribution in [1.29, 1.82) is 0 Å². The number of halogens is 1. The average Bonchev–Trinajstić information content (AvgIpc) is 2.65. The largest absolute Gasteiger partial charge is 0.478 e. The van der Waals surface area contributed by atoms with E-state index < -0.39 is 5.97 Å². The zero-order valence-electron chi connectivity index (χ0n) is 11.6. The van der Waals surface area contributed by atoms with Crippen molar-refractivity contribution in [1.82, 2.24) is 4.90 Å². The Balaban J connectivity index is 2.08. The van der Waals surface area contributed by atoms with Crippen molar-refractivity contribution >= 4 is 33.6 Å². The zero-order chi connectivity index (χ0) is 15.4. The van der Waals surface area contributed by atoms with Gasteiger partial charge in [-0.05, 0) is 47.5 Å². The van der Waals surface area contributed by atoms with Crippen LogP contribution in [0, 0.1) is 0 Å². The fraction of sp³-hybridized carbons (Fsp3) is 0.429. The van der Waals surface area contributed by atoms with Gasteiger partial charge in [-0.25, -0.2) is 9.59 Å². The Labute approximate surface area is 131 Å². The van der Waals surface area contributed by atoms with E-state index >= 15 is 0 Å². The number of hydrogen-bond acceptors (Lipinski definition) is 3. The van der Waals surface area contributed by atoms with Gasteiger partial charge in [0.25, 0.3) is 0 Å². The van der Waals surface area contributed by atoms with Gasteiger partial charge in [0.05, 0.1) is 11.7 Å². The van der Waals surface area contributed by atoms with E-state index in [0.29, 0.717) is 29.9 Å². The summed E-state index contributed by atoms with van der Waals surface area (Å²) >= 11 is 3.17. The van der Waals surface area contributed by atoms with Crippen molar-refractivity contribution in [2.75, 3.05) is 25.0 Å². The monoisotopic (exact) mass is 356 g/mol. The number of anilines is 1. The Kier molecular flexibility index (Phi) is 5.19. The van der Waals surface area contributed by atoms with Crippen molar-refractivity contribution in [2.45, 2.75) is 19.4 Å². The minimum Gasteiger partial charge on any atom is -0.478 e. The first kappa shape index (κ1) is 15.8. The third-order valence-corrected chi connectivity index (χ3v) is 3.88. The van der Waals surface area contributed by atoms with Gasteiger partial charge in [0.15, 0.2) is 0 Å². The molecule has 7 heteroatoms. The molecule has 1 aliphatic rings. The smallest absolute Gasteiger partial charge is 0.336 e. The number of hydrogen-bond donors (Lipinski definition) is 2. The molecule has 2 N–H and O–H groups in total. The van der Waals surface area contributed by atoms with Crippen LogP contribution in [-0.2, 0) is 4.74 Å². The number of benzene rings is 1. The number of ether oxygens (including phenoxy) is 1. The van der Waals surface area contributed by atoms with Crippen molar-refractivity contribution in [3.05, 3.63) is 28.2 Å². The number of amides is 2. The number of carbonyl (C=O) groups is 2. The summed E-state index contributed by atoms with van der Waals surface area (Å²) in [7, 11) is 0. The summed E-state index contributed by atoms with van der Waals surface area (Å²) in [5.74, 6) is -1.05. The van der Waals surface area contributed by atoms with Crippen LogP contribution in [0.5, 0.6) is 0 Å². The molecule has 1 saturated heterocycles. The van der Waals surface area contributed by atoms with Crippen molar-refractivity contribution < 1.29 is 19.4 Å². The molecule has 1 fully saturated rings. The summed E-state index contributed by atoms with van der Waals surface area (Å²) in [6, 6.07) is 4.45. The van der Waals surface area contributed by atoms with Crippen LogP contribution in [0.1, 0.15) is 23.7 Å². The highest BCUT2D eigenvalue weighted by atomic mass is 79.9. The maximum atomic E-state index is 12.2. The quantitative estimate of drug-likeness (QED) is 0.853. The molecular weight excluding hydrogens is 340 g/mol. The van der Waals surface area contributed by atoms with Crippen LogP contribution >= 0.6 is 15.9 Å². The molecule has 6 nitrogen and oxygen atoms in total. The van der Waals surface area contributed by atoms with E-state index in [1.165, 1.54) is 6.07 Å². The van der Waals surface area contributed by atoms with E-state index in [4.69, 9.17) is 9.84 Å². The van der Waals surface area contributed by atoms with Gasteiger partial charge in [0.2, 0.25) is 0 Å². The van der Waals surface area contributed by atoms with E-state index in [2.05, 4.69) is 21.2 Å². The fourth-order valence-corrected chi connectivity index (χ4v) is 2.56. The maximum Gasteiger partial charge on any atom is 0.336 e. The highest BCUT2D eigenvalue weighted by Gasteiger charge is 2.20. The van der Waals surface area contributed by atoms with Crippen molar-refractivity contribution in [3.63, 3.8) is 0 Å². The molecule has 1 aromatic carbocycles. The second-order valence-electron chi connectivity index (χ2n) is 4.91. The number of carboxylic acid groups (broad SMARTS) is 1. The third kappa shape index (κ3) is 4.18. The Hall–Kier alpha value is -1.60. The van der Waals surface area contributed by atoms with Gasteiger partial charge in [0, 0.05) is 29.9 Å².